The quantitative estimate of drug-likeness (QED) is 0.800. The first-order valence-electron chi connectivity index (χ1n) is 7.36. The number of hydrogen-bond donors (Lipinski definition) is 1. The molecule has 0 aliphatic heterocycles. The monoisotopic (exact) mass is 325 g/mol. The van der Waals surface area contributed by atoms with Crippen LogP contribution in [-0.4, -0.2) is 16.3 Å². The first-order valence-corrected chi connectivity index (χ1v) is 8.12. The maximum absolute atomic E-state index is 6.16. The van der Waals surface area contributed by atoms with Crippen LogP contribution >= 0.6 is 23.2 Å². The zero-order valence-corrected chi connectivity index (χ0v) is 14.0. The summed E-state index contributed by atoms with van der Waals surface area (Å²) in [4.78, 5) is 0. The van der Waals surface area contributed by atoms with Crippen molar-refractivity contribution in [3.05, 3.63) is 51.8 Å². The fourth-order valence-electron chi connectivity index (χ4n) is 2.41. The number of nitrogens with zero attached hydrogens (tertiary/aromatic N) is 2. The molecule has 3 nitrogen and oxygen atoms in total. The molecule has 0 aliphatic rings. The molecule has 0 spiro atoms. The first-order chi connectivity index (χ1) is 10.2. The van der Waals surface area contributed by atoms with Crippen LogP contribution in [0.3, 0.4) is 0 Å². The molecule has 5 heteroatoms. The highest BCUT2D eigenvalue weighted by Gasteiger charge is 2.18. The number of halogens is 2. The Morgan fingerprint density at radius 1 is 1.14 bits per heavy atom. The van der Waals surface area contributed by atoms with Crippen LogP contribution in [0.25, 0.3) is 0 Å². The molecular formula is C16H21Cl2N3. The lowest BCUT2D eigenvalue weighted by molar-refractivity contribution is 0.511. The Labute approximate surface area is 136 Å². The SMILES string of the molecule is CCCNC(c1cc(Cl)cc(Cl)c1)c1ccnn1CCC. The van der Waals surface area contributed by atoms with Gasteiger partial charge < -0.3 is 5.32 Å². The van der Waals surface area contributed by atoms with Crippen LogP contribution < -0.4 is 5.32 Å². The summed E-state index contributed by atoms with van der Waals surface area (Å²) in [6.07, 6.45) is 3.95. The fourth-order valence-corrected chi connectivity index (χ4v) is 2.95. The van der Waals surface area contributed by atoms with E-state index in [9.17, 15) is 0 Å². The minimum absolute atomic E-state index is 0.0511. The standard InChI is InChI=1S/C16H21Cl2N3/c1-3-6-19-16(12-9-13(17)11-14(18)10-12)15-5-7-20-21(15)8-4-2/h5,7,9-11,16,19H,3-4,6,8H2,1-2H3. The molecule has 1 aromatic carbocycles. The normalized spacial score (nSPS) is 12.6. The Hall–Kier alpha value is -1.03. The molecule has 0 saturated carbocycles. The van der Waals surface area contributed by atoms with E-state index >= 15 is 0 Å². The average molecular weight is 326 g/mol. The fraction of sp³-hybridized carbons (Fsp3) is 0.438. The molecule has 1 aromatic heterocycles. The van der Waals surface area contributed by atoms with Crippen LogP contribution in [0.2, 0.25) is 10.0 Å². The van der Waals surface area contributed by atoms with Crippen molar-refractivity contribution in [3.8, 4) is 0 Å². The van der Waals surface area contributed by atoms with E-state index < -0.39 is 0 Å². The maximum atomic E-state index is 6.16. The van der Waals surface area contributed by atoms with Crippen molar-refractivity contribution >= 4 is 23.2 Å². The third kappa shape index (κ3) is 4.22. The van der Waals surface area contributed by atoms with Gasteiger partial charge in [0.25, 0.3) is 0 Å². The number of nitrogens with one attached hydrogen (secondary N) is 1. The summed E-state index contributed by atoms with van der Waals surface area (Å²) in [5.74, 6) is 0. The molecule has 2 aromatic rings. The van der Waals surface area contributed by atoms with Gasteiger partial charge in [0.2, 0.25) is 0 Å². The number of hydrogen-bond acceptors (Lipinski definition) is 2. The van der Waals surface area contributed by atoms with Gasteiger partial charge in [-0.1, -0.05) is 37.0 Å². The minimum Gasteiger partial charge on any atom is -0.305 e. The van der Waals surface area contributed by atoms with Crippen molar-refractivity contribution < 1.29 is 0 Å². The topological polar surface area (TPSA) is 29.9 Å². The van der Waals surface area contributed by atoms with Crippen LogP contribution in [0.15, 0.2) is 30.5 Å². The lowest BCUT2D eigenvalue weighted by Gasteiger charge is -2.21. The summed E-state index contributed by atoms with van der Waals surface area (Å²) in [6, 6.07) is 7.79. The van der Waals surface area contributed by atoms with E-state index in [2.05, 4.69) is 30.3 Å². The predicted molar refractivity (Wildman–Crippen MR) is 89.1 cm³/mol. The Kier molecular flexibility index (Phi) is 6.09. The van der Waals surface area contributed by atoms with E-state index in [-0.39, 0.29) is 6.04 Å². The predicted octanol–water partition coefficient (Wildman–Crippen LogP) is 4.69. The minimum atomic E-state index is 0.0511. The highest BCUT2D eigenvalue weighted by molar-refractivity contribution is 6.34. The third-order valence-electron chi connectivity index (χ3n) is 3.30. The summed E-state index contributed by atoms with van der Waals surface area (Å²) in [5.41, 5.74) is 2.21. The molecule has 1 heterocycles. The lowest BCUT2D eigenvalue weighted by Crippen LogP contribution is -2.26. The second-order valence-electron chi connectivity index (χ2n) is 5.07. The number of aryl methyl sites for hydroxylation is 1. The van der Waals surface area contributed by atoms with Gasteiger partial charge in [-0.05, 0) is 49.2 Å². The van der Waals surface area contributed by atoms with Crippen LogP contribution in [-0.2, 0) is 6.54 Å². The Morgan fingerprint density at radius 3 is 2.48 bits per heavy atom. The van der Waals surface area contributed by atoms with Crippen molar-refractivity contribution in [1.82, 2.24) is 15.1 Å². The van der Waals surface area contributed by atoms with Gasteiger partial charge >= 0.3 is 0 Å². The highest BCUT2D eigenvalue weighted by Crippen LogP contribution is 2.28. The molecule has 0 saturated heterocycles. The zero-order valence-electron chi connectivity index (χ0n) is 12.4. The van der Waals surface area contributed by atoms with Gasteiger partial charge in [0, 0.05) is 22.8 Å². The Bertz CT molecular complexity index is 560. The third-order valence-corrected chi connectivity index (χ3v) is 3.73. The van der Waals surface area contributed by atoms with Crippen molar-refractivity contribution in [1.29, 1.82) is 0 Å². The highest BCUT2D eigenvalue weighted by atomic mass is 35.5. The Morgan fingerprint density at radius 2 is 1.86 bits per heavy atom. The molecule has 0 fully saturated rings. The first kappa shape index (κ1) is 16.3. The molecule has 0 aliphatic carbocycles. The molecule has 1 unspecified atom stereocenters. The van der Waals surface area contributed by atoms with E-state index in [1.165, 1.54) is 0 Å². The molecular weight excluding hydrogens is 305 g/mol. The molecule has 114 valence electrons. The smallest absolute Gasteiger partial charge is 0.0749 e. The van der Waals surface area contributed by atoms with Gasteiger partial charge in [-0.25, -0.2) is 0 Å². The van der Waals surface area contributed by atoms with Crippen molar-refractivity contribution in [2.24, 2.45) is 0 Å². The summed E-state index contributed by atoms with van der Waals surface area (Å²) < 4.78 is 2.04. The largest absolute Gasteiger partial charge is 0.305 e. The van der Waals surface area contributed by atoms with Gasteiger partial charge in [0.05, 0.1) is 11.7 Å². The van der Waals surface area contributed by atoms with E-state index in [1.807, 2.05) is 23.0 Å². The van der Waals surface area contributed by atoms with Gasteiger partial charge in [0.15, 0.2) is 0 Å². The number of aromatic nitrogens is 2. The van der Waals surface area contributed by atoms with Crippen molar-refractivity contribution in [2.45, 2.75) is 39.3 Å². The number of benzene rings is 1. The summed E-state index contributed by atoms with van der Waals surface area (Å²) in [7, 11) is 0. The van der Waals surface area contributed by atoms with Gasteiger partial charge in [0.1, 0.15) is 0 Å². The Balaban J connectivity index is 2.39. The molecule has 0 radical (unpaired) electrons. The van der Waals surface area contributed by atoms with Crippen LogP contribution in [0.5, 0.6) is 0 Å². The number of rotatable bonds is 7. The lowest BCUT2D eigenvalue weighted by atomic mass is 10.0. The van der Waals surface area contributed by atoms with Gasteiger partial charge in [-0.2, -0.15) is 5.10 Å². The van der Waals surface area contributed by atoms with E-state index in [0.29, 0.717) is 10.0 Å². The van der Waals surface area contributed by atoms with Gasteiger partial charge in [-0.15, -0.1) is 0 Å². The van der Waals surface area contributed by atoms with Crippen LogP contribution in [0.4, 0.5) is 0 Å². The summed E-state index contributed by atoms with van der Waals surface area (Å²) in [6.45, 7) is 6.13. The van der Waals surface area contributed by atoms with Crippen LogP contribution in [0, 0.1) is 0 Å². The van der Waals surface area contributed by atoms with E-state index in [4.69, 9.17) is 23.2 Å². The molecule has 0 bridgehead atoms. The molecule has 21 heavy (non-hydrogen) atoms. The van der Waals surface area contributed by atoms with Crippen molar-refractivity contribution in [3.63, 3.8) is 0 Å². The average Bonchev–Trinajstić information content (AvgIpc) is 2.87. The van der Waals surface area contributed by atoms with Crippen molar-refractivity contribution in [2.75, 3.05) is 6.54 Å². The van der Waals surface area contributed by atoms with E-state index in [1.54, 1.807) is 6.07 Å². The van der Waals surface area contributed by atoms with Crippen LogP contribution in [0.1, 0.15) is 44.0 Å². The molecule has 2 rings (SSSR count). The molecule has 1 atom stereocenters. The second-order valence-corrected chi connectivity index (χ2v) is 5.94. The summed E-state index contributed by atoms with van der Waals surface area (Å²) in [5, 5.41) is 9.29. The maximum Gasteiger partial charge on any atom is 0.0749 e. The summed E-state index contributed by atoms with van der Waals surface area (Å²) >= 11 is 12.3. The second kappa shape index (κ2) is 7.83. The molecule has 0 amide bonds. The molecule has 1 N–H and O–H groups in total. The zero-order chi connectivity index (χ0) is 15.2. The van der Waals surface area contributed by atoms with E-state index in [0.717, 1.165) is 37.2 Å². The van der Waals surface area contributed by atoms with Gasteiger partial charge in [-0.3, -0.25) is 4.68 Å².